The Morgan fingerprint density at radius 2 is 2.20 bits per heavy atom. The van der Waals surface area contributed by atoms with Gasteiger partial charge in [-0.2, -0.15) is 0 Å². The fourth-order valence-electron chi connectivity index (χ4n) is 1.96. The van der Waals surface area contributed by atoms with Crippen LogP contribution in [0.5, 0.6) is 0 Å². The summed E-state index contributed by atoms with van der Waals surface area (Å²) < 4.78 is 5.63. The van der Waals surface area contributed by atoms with Gasteiger partial charge in [0.25, 0.3) is 0 Å². The van der Waals surface area contributed by atoms with Crippen molar-refractivity contribution >= 4 is 0 Å². The van der Waals surface area contributed by atoms with Gasteiger partial charge in [-0.15, -0.1) is 0 Å². The zero-order chi connectivity index (χ0) is 11.5. The SMILES string of the molecule is CCC1OCCC1CNC(C)C(C)(C)O. The molecule has 0 bridgehead atoms. The Balaban J connectivity index is 2.30. The predicted octanol–water partition coefficient (Wildman–Crippen LogP) is 1.55. The van der Waals surface area contributed by atoms with Crippen molar-refractivity contribution in [2.24, 2.45) is 5.92 Å². The molecule has 3 atom stereocenters. The van der Waals surface area contributed by atoms with Crippen LogP contribution in [0.4, 0.5) is 0 Å². The molecule has 1 rings (SSSR count). The second kappa shape index (κ2) is 5.28. The highest BCUT2D eigenvalue weighted by atomic mass is 16.5. The van der Waals surface area contributed by atoms with Crippen molar-refractivity contribution < 1.29 is 9.84 Å². The Labute approximate surface area is 93.2 Å². The topological polar surface area (TPSA) is 41.5 Å². The smallest absolute Gasteiger partial charge is 0.0741 e. The van der Waals surface area contributed by atoms with Crippen molar-refractivity contribution in [1.82, 2.24) is 5.32 Å². The summed E-state index contributed by atoms with van der Waals surface area (Å²) in [4.78, 5) is 0. The molecular weight excluding hydrogens is 190 g/mol. The molecule has 1 aliphatic rings. The Morgan fingerprint density at radius 1 is 1.53 bits per heavy atom. The molecule has 0 aromatic carbocycles. The molecule has 1 saturated heterocycles. The maximum absolute atomic E-state index is 9.79. The minimum Gasteiger partial charge on any atom is -0.389 e. The maximum atomic E-state index is 9.79. The molecule has 0 radical (unpaired) electrons. The molecule has 0 saturated carbocycles. The quantitative estimate of drug-likeness (QED) is 0.731. The Kier molecular flexibility index (Phi) is 4.56. The van der Waals surface area contributed by atoms with E-state index in [1.165, 1.54) is 0 Å². The lowest BCUT2D eigenvalue weighted by atomic mass is 9.96. The summed E-state index contributed by atoms with van der Waals surface area (Å²) in [6, 6.07) is 0.121. The summed E-state index contributed by atoms with van der Waals surface area (Å²) in [5, 5.41) is 13.2. The molecule has 90 valence electrons. The van der Waals surface area contributed by atoms with Gasteiger partial charge >= 0.3 is 0 Å². The molecule has 1 heterocycles. The zero-order valence-corrected chi connectivity index (χ0v) is 10.4. The predicted molar refractivity (Wildman–Crippen MR) is 61.9 cm³/mol. The summed E-state index contributed by atoms with van der Waals surface area (Å²) in [5.74, 6) is 0.611. The van der Waals surface area contributed by atoms with Crippen molar-refractivity contribution in [3.63, 3.8) is 0 Å². The first-order valence-corrected chi connectivity index (χ1v) is 6.02. The molecule has 0 amide bonds. The number of rotatable bonds is 5. The van der Waals surface area contributed by atoms with Crippen molar-refractivity contribution in [1.29, 1.82) is 0 Å². The maximum Gasteiger partial charge on any atom is 0.0741 e. The monoisotopic (exact) mass is 215 g/mol. The molecule has 15 heavy (non-hydrogen) atoms. The number of nitrogens with one attached hydrogen (secondary N) is 1. The van der Waals surface area contributed by atoms with Gasteiger partial charge in [0.05, 0.1) is 11.7 Å². The highest BCUT2D eigenvalue weighted by molar-refractivity contribution is 4.83. The molecule has 0 aromatic rings. The summed E-state index contributed by atoms with van der Waals surface area (Å²) in [5.41, 5.74) is -0.652. The summed E-state index contributed by atoms with van der Waals surface area (Å²) in [7, 11) is 0. The van der Waals surface area contributed by atoms with Crippen LogP contribution >= 0.6 is 0 Å². The standard InChI is InChI=1S/C12H25NO2/c1-5-11-10(6-7-15-11)8-13-9(2)12(3,4)14/h9-11,13-14H,5-8H2,1-4H3. The number of aliphatic hydroxyl groups is 1. The third-order valence-corrected chi connectivity index (χ3v) is 3.49. The van der Waals surface area contributed by atoms with Gasteiger partial charge in [0.1, 0.15) is 0 Å². The second-order valence-corrected chi connectivity index (χ2v) is 5.15. The minimum absolute atomic E-state index is 0.121. The van der Waals surface area contributed by atoms with E-state index in [-0.39, 0.29) is 6.04 Å². The molecule has 0 aromatic heterocycles. The highest BCUT2D eigenvalue weighted by Gasteiger charge is 2.28. The molecular formula is C12H25NO2. The molecule has 0 aliphatic carbocycles. The van der Waals surface area contributed by atoms with Gasteiger partial charge < -0.3 is 15.2 Å². The molecule has 1 aliphatic heterocycles. The van der Waals surface area contributed by atoms with Gasteiger partial charge in [0.2, 0.25) is 0 Å². The Morgan fingerprint density at radius 3 is 2.73 bits per heavy atom. The van der Waals surface area contributed by atoms with Crippen LogP contribution in [0.1, 0.15) is 40.5 Å². The summed E-state index contributed by atoms with van der Waals surface area (Å²) in [6.07, 6.45) is 2.64. The van der Waals surface area contributed by atoms with Crippen LogP contribution in [0.2, 0.25) is 0 Å². The van der Waals surface area contributed by atoms with Crippen LogP contribution in [-0.2, 0) is 4.74 Å². The fraction of sp³-hybridized carbons (Fsp3) is 1.00. The van der Waals surface area contributed by atoms with E-state index in [4.69, 9.17) is 4.74 Å². The zero-order valence-electron chi connectivity index (χ0n) is 10.4. The van der Waals surface area contributed by atoms with Gasteiger partial charge in [0, 0.05) is 19.2 Å². The van der Waals surface area contributed by atoms with Crippen LogP contribution in [0.25, 0.3) is 0 Å². The third-order valence-electron chi connectivity index (χ3n) is 3.49. The summed E-state index contributed by atoms with van der Waals surface area (Å²) in [6.45, 7) is 9.71. The van der Waals surface area contributed by atoms with E-state index in [0.29, 0.717) is 12.0 Å². The second-order valence-electron chi connectivity index (χ2n) is 5.15. The largest absolute Gasteiger partial charge is 0.389 e. The fourth-order valence-corrected chi connectivity index (χ4v) is 1.96. The molecule has 3 nitrogen and oxygen atoms in total. The number of hydrogen-bond acceptors (Lipinski definition) is 3. The Bertz CT molecular complexity index is 189. The average Bonchev–Trinajstić information content (AvgIpc) is 2.59. The van der Waals surface area contributed by atoms with Crippen LogP contribution in [0, 0.1) is 5.92 Å². The van der Waals surface area contributed by atoms with Crippen LogP contribution < -0.4 is 5.32 Å². The molecule has 1 fully saturated rings. The van der Waals surface area contributed by atoms with E-state index in [1.807, 2.05) is 20.8 Å². The van der Waals surface area contributed by atoms with Crippen LogP contribution in [0.15, 0.2) is 0 Å². The van der Waals surface area contributed by atoms with Crippen molar-refractivity contribution in [3.05, 3.63) is 0 Å². The van der Waals surface area contributed by atoms with Gasteiger partial charge in [-0.25, -0.2) is 0 Å². The van der Waals surface area contributed by atoms with E-state index >= 15 is 0 Å². The lowest BCUT2D eigenvalue weighted by Gasteiger charge is -2.28. The lowest BCUT2D eigenvalue weighted by Crippen LogP contribution is -2.46. The van der Waals surface area contributed by atoms with Gasteiger partial charge in [-0.1, -0.05) is 6.92 Å². The van der Waals surface area contributed by atoms with E-state index in [2.05, 4.69) is 12.2 Å². The van der Waals surface area contributed by atoms with E-state index in [0.717, 1.165) is 26.0 Å². The van der Waals surface area contributed by atoms with Crippen molar-refractivity contribution in [3.8, 4) is 0 Å². The highest BCUT2D eigenvalue weighted by Crippen LogP contribution is 2.23. The molecule has 2 N–H and O–H groups in total. The van der Waals surface area contributed by atoms with E-state index in [9.17, 15) is 5.11 Å². The van der Waals surface area contributed by atoms with Crippen molar-refractivity contribution in [2.45, 2.75) is 58.3 Å². The number of ether oxygens (including phenoxy) is 1. The first-order valence-electron chi connectivity index (χ1n) is 6.02. The first kappa shape index (κ1) is 12.9. The van der Waals surface area contributed by atoms with Gasteiger partial charge in [-0.05, 0) is 39.5 Å². The molecule has 3 unspecified atom stereocenters. The lowest BCUT2D eigenvalue weighted by molar-refractivity contribution is 0.0390. The Hall–Kier alpha value is -0.120. The van der Waals surface area contributed by atoms with E-state index < -0.39 is 5.60 Å². The van der Waals surface area contributed by atoms with E-state index in [1.54, 1.807) is 0 Å². The number of hydrogen-bond donors (Lipinski definition) is 2. The molecule has 0 spiro atoms. The van der Waals surface area contributed by atoms with Crippen LogP contribution in [-0.4, -0.2) is 36.0 Å². The minimum atomic E-state index is -0.652. The normalized spacial score (nSPS) is 29.4. The van der Waals surface area contributed by atoms with Gasteiger partial charge in [0.15, 0.2) is 0 Å². The van der Waals surface area contributed by atoms with Gasteiger partial charge in [-0.3, -0.25) is 0 Å². The first-order chi connectivity index (χ1) is 6.95. The third kappa shape index (κ3) is 3.74. The summed E-state index contributed by atoms with van der Waals surface area (Å²) >= 11 is 0. The average molecular weight is 215 g/mol. The van der Waals surface area contributed by atoms with Crippen molar-refractivity contribution in [2.75, 3.05) is 13.2 Å². The van der Waals surface area contributed by atoms with Crippen LogP contribution in [0.3, 0.4) is 0 Å². The molecule has 3 heteroatoms.